The number of nitrogen functional groups attached to an aromatic ring is 2. The monoisotopic (exact) mass is 304 g/mol. The SMILES string of the molecule is CN1CCc2ccc(-c3cc4c(N)cccc4c(N)n3)cc2C1. The zero-order chi connectivity index (χ0) is 16.0. The Morgan fingerprint density at radius 2 is 1.87 bits per heavy atom. The summed E-state index contributed by atoms with van der Waals surface area (Å²) in [5.41, 5.74) is 17.8. The summed E-state index contributed by atoms with van der Waals surface area (Å²) in [4.78, 5) is 6.93. The Labute approximate surface area is 135 Å². The molecule has 4 rings (SSSR count). The first-order valence-corrected chi connectivity index (χ1v) is 7.87. The lowest BCUT2D eigenvalue weighted by molar-refractivity contribution is 0.313. The van der Waals surface area contributed by atoms with Gasteiger partial charge in [-0.1, -0.05) is 24.3 Å². The number of likely N-dealkylation sites (N-methyl/N-ethyl adjacent to an activating group) is 1. The van der Waals surface area contributed by atoms with Crippen molar-refractivity contribution >= 4 is 22.3 Å². The predicted octanol–water partition coefficient (Wildman–Crippen LogP) is 3.05. The van der Waals surface area contributed by atoms with E-state index in [-0.39, 0.29) is 0 Å². The van der Waals surface area contributed by atoms with Gasteiger partial charge in [-0.05, 0) is 42.8 Å². The molecular formula is C19H20N4. The van der Waals surface area contributed by atoms with Gasteiger partial charge in [0.2, 0.25) is 0 Å². The summed E-state index contributed by atoms with van der Waals surface area (Å²) in [6, 6.07) is 14.4. The van der Waals surface area contributed by atoms with E-state index in [9.17, 15) is 0 Å². The van der Waals surface area contributed by atoms with Gasteiger partial charge < -0.3 is 16.4 Å². The largest absolute Gasteiger partial charge is 0.398 e. The van der Waals surface area contributed by atoms with E-state index in [1.165, 1.54) is 11.1 Å². The quantitative estimate of drug-likeness (QED) is 0.678. The van der Waals surface area contributed by atoms with Crippen molar-refractivity contribution in [3.05, 3.63) is 53.6 Å². The molecule has 0 bridgehead atoms. The molecule has 1 aliphatic rings. The first-order valence-electron chi connectivity index (χ1n) is 7.87. The molecule has 4 nitrogen and oxygen atoms in total. The second kappa shape index (κ2) is 5.25. The number of aromatic nitrogens is 1. The summed E-state index contributed by atoms with van der Waals surface area (Å²) in [7, 11) is 2.16. The van der Waals surface area contributed by atoms with E-state index in [1.807, 2.05) is 24.3 Å². The number of benzene rings is 2. The first kappa shape index (κ1) is 14.0. The maximum Gasteiger partial charge on any atom is 0.132 e. The topological polar surface area (TPSA) is 68.2 Å². The van der Waals surface area contributed by atoms with Crippen LogP contribution in [0.2, 0.25) is 0 Å². The van der Waals surface area contributed by atoms with Crippen molar-refractivity contribution in [1.82, 2.24) is 9.88 Å². The molecule has 0 atom stereocenters. The number of fused-ring (bicyclic) bond motifs is 2. The molecule has 0 fully saturated rings. The highest BCUT2D eigenvalue weighted by molar-refractivity contribution is 6.00. The Morgan fingerprint density at radius 3 is 2.74 bits per heavy atom. The molecule has 4 heteroatoms. The van der Waals surface area contributed by atoms with Gasteiger partial charge in [0.1, 0.15) is 5.82 Å². The molecule has 0 unspecified atom stereocenters. The van der Waals surface area contributed by atoms with Crippen molar-refractivity contribution in [1.29, 1.82) is 0 Å². The van der Waals surface area contributed by atoms with Crippen LogP contribution in [0.25, 0.3) is 22.0 Å². The van der Waals surface area contributed by atoms with Crippen molar-refractivity contribution < 1.29 is 0 Å². The molecule has 2 heterocycles. The van der Waals surface area contributed by atoms with E-state index in [2.05, 4.69) is 35.1 Å². The van der Waals surface area contributed by atoms with Crippen LogP contribution >= 0.6 is 0 Å². The molecule has 0 amide bonds. The number of rotatable bonds is 1. The van der Waals surface area contributed by atoms with Crippen molar-refractivity contribution in [2.24, 2.45) is 0 Å². The molecule has 0 spiro atoms. The lowest BCUT2D eigenvalue weighted by atomic mass is 9.96. The number of nitrogens with two attached hydrogens (primary N) is 2. The number of hydrogen-bond acceptors (Lipinski definition) is 4. The van der Waals surface area contributed by atoms with Crippen molar-refractivity contribution in [3.63, 3.8) is 0 Å². The molecule has 116 valence electrons. The molecule has 0 saturated heterocycles. The third-order valence-corrected chi connectivity index (χ3v) is 4.64. The van der Waals surface area contributed by atoms with Gasteiger partial charge in [-0.25, -0.2) is 4.98 Å². The lowest BCUT2D eigenvalue weighted by Gasteiger charge is -2.25. The van der Waals surface area contributed by atoms with E-state index in [0.29, 0.717) is 5.82 Å². The van der Waals surface area contributed by atoms with E-state index in [4.69, 9.17) is 11.5 Å². The minimum absolute atomic E-state index is 0.527. The Hall–Kier alpha value is -2.59. The van der Waals surface area contributed by atoms with Crippen LogP contribution in [0.3, 0.4) is 0 Å². The van der Waals surface area contributed by atoms with Crippen LogP contribution in [0.5, 0.6) is 0 Å². The van der Waals surface area contributed by atoms with Gasteiger partial charge >= 0.3 is 0 Å². The molecule has 23 heavy (non-hydrogen) atoms. The third kappa shape index (κ3) is 2.41. The summed E-state index contributed by atoms with van der Waals surface area (Å²) >= 11 is 0. The van der Waals surface area contributed by atoms with Crippen LogP contribution < -0.4 is 11.5 Å². The van der Waals surface area contributed by atoms with Crippen molar-refractivity contribution in [2.45, 2.75) is 13.0 Å². The molecule has 1 aromatic heterocycles. The Morgan fingerprint density at radius 1 is 1.00 bits per heavy atom. The maximum atomic E-state index is 6.15. The van der Waals surface area contributed by atoms with Crippen molar-refractivity contribution in [2.75, 3.05) is 25.1 Å². The number of anilines is 2. The maximum absolute atomic E-state index is 6.15. The minimum Gasteiger partial charge on any atom is -0.398 e. The lowest BCUT2D eigenvalue weighted by Crippen LogP contribution is -2.26. The highest BCUT2D eigenvalue weighted by Crippen LogP contribution is 2.31. The normalized spacial score (nSPS) is 14.8. The average Bonchev–Trinajstić information content (AvgIpc) is 2.55. The highest BCUT2D eigenvalue weighted by Gasteiger charge is 2.15. The second-order valence-corrected chi connectivity index (χ2v) is 6.31. The van der Waals surface area contributed by atoms with Crippen LogP contribution in [-0.4, -0.2) is 23.5 Å². The Kier molecular flexibility index (Phi) is 3.20. The van der Waals surface area contributed by atoms with Gasteiger partial charge in [0, 0.05) is 35.1 Å². The van der Waals surface area contributed by atoms with Crippen LogP contribution in [-0.2, 0) is 13.0 Å². The molecule has 0 saturated carbocycles. The average molecular weight is 304 g/mol. The second-order valence-electron chi connectivity index (χ2n) is 6.31. The minimum atomic E-state index is 0.527. The smallest absolute Gasteiger partial charge is 0.132 e. The molecular weight excluding hydrogens is 284 g/mol. The molecule has 0 radical (unpaired) electrons. The summed E-state index contributed by atoms with van der Waals surface area (Å²) in [6.45, 7) is 2.10. The predicted molar refractivity (Wildman–Crippen MR) is 96.0 cm³/mol. The van der Waals surface area contributed by atoms with Crippen LogP contribution in [0.1, 0.15) is 11.1 Å². The number of hydrogen-bond donors (Lipinski definition) is 2. The molecule has 0 aliphatic carbocycles. The molecule has 1 aliphatic heterocycles. The van der Waals surface area contributed by atoms with Gasteiger partial charge in [0.05, 0.1) is 5.69 Å². The van der Waals surface area contributed by atoms with Crippen LogP contribution in [0, 0.1) is 0 Å². The van der Waals surface area contributed by atoms with E-state index >= 15 is 0 Å². The van der Waals surface area contributed by atoms with Gasteiger partial charge in [-0.15, -0.1) is 0 Å². The fourth-order valence-electron chi connectivity index (χ4n) is 3.33. The van der Waals surface area contributed by atoms with Gasteiger partial charge in [-0.3, -0.25) is 0 Å². The van der Waals surface area contributed by atoms with E-state index < -0.39 is 0 Å². The number of pyridine rings is 1. The fourth-order valence-corrected chi connectivity index (χ4v) is 3.33. The molecule has 4 N–H and O–H groups in total. The highest BCUT2D eigenvalue weighted by atomic mass is 15.1. The number of nitrogens with zero attached hydrogens (tertiary/aromatic N) is 2. The van der Waals surface area contributed by atoms with Gasteiger partial charge in [0.15, 0.2) is 0 Å². The van der Waals surface area contributed by atoms with Gasteiger partial charge in [-0.2, -0.15) is 0 Å². The third-order valence-electron chi connectivity index (χ3n) is 4.64. The van der Waals surface area contributed by atoms with E-state index in [1.54, 1.807) is 0 Å². The van der Waals surface area contributed by atoms with E-state index in [0.717, 1.165) is 47.2 Å². The first-order chi connectivity index (χ1) is 11.1. The van der Waals surface area contributed by atoms with Gasteiger partial charge in [0.25, 0.3) is 0 Å². The van der Waals surface area contributed by atoms with Crippen LogP contribution in [0.15, 0.2) is 42.5 Å². The summed E-state index contributed by atoms with van der Waals surface area (Å²) in [5, 5.41) is 1.87. The molecule has 3 aromatic rings. The standard InChI is InChI=1S/C19H20N4/c1-23-8-7-12-5-6-13(9-14(12)11-23)18-10-16-15(19(21)22-18)3-2-4-17(16)20/h2-6,9-10H,7-8,11,20H2,1H3,(H2,21,22). The summed E-state index contributed by atoms with van der Waals surface area (Å²) < 4.78 is 0. The summed E-state index contributed by atoms with van der Waals surface area (Å²) in [6.07, 6.45) is 1.10. The zero-order valence-corrected chi connectivity index (χ0v) is 13.2. The summed E-state index contributed by atoms with van der Waals surface area (Å²) in [5.74, 6) is 0.527. The zero-order valence-electron chi connectivity index (χ0n) is 13.2. The van der Waals surface area contributed by atoms with Crippen LogP contribution in [0.4, 0.5) is 11.5 Å². The fraction of sp³-hybridized carbons (Fsp3) is 0.211. The Balaban J connectivity index is 1.86. The van der Waals surface area contributed by atoms with Crippen molar-refractivity contribution in [3.8, 4) is 11.3 Å². The molecule has 2 aromatic carbocycles. The Bertz CT molecular complexity index is 901.